The molecule has 38 heavy (non-hydrogen) atoms. The summed E-state index contributed by atoms with van der Waals surface area (Å²) in [5.41, 5.74) is 0.632. The number of aromatic nitrogens is 6. The molecule has 8 atom stereocenters. The smallest absolute Gasteiger partial charge is 0.352 e. The molecule has 2 N–H and O–H groups in total. The van der Waals surface area contributed by atoms with Gasteiger partial charge in [0.1, 0.15) is 36.2 Å². The number of hydrogen-bond acceptors (Lipinski definition) is 10. The van der Waals surface area contributed by atoms with Crippen molar-refractivity contribution in [2.45, 2.75) is 62.5 Å². The zero-order valence-electron chi connectivity index (χ0n) is 20.5. The zero-order chi connectivity index (χ0) is 26.1. The maximum atomic E-state index is 13.5. The Morgan fingerprint density at radius 2 is 1.97 bits per heavy atom. The van der Waals surface area contributed by atoms with Crippen molar-refractivity contribution in [3.8, 4) is 5.69 Å². The van der Waals surface area contributed by atoms with Crippen LogP contribution in [0.4, 0.5) is 0 Å². The van der Waals surface area contributed by atoms with Gasteiger partial charge in [0.15, 0.2) is 6.10 Å². The molecule has 0 bridgehead atoms. The Morgan fingerprint density at radius 3 is 2.74 bits per heavy atom. The van der Waals surface area contributed by atoms with Crippen molar-refractivity contribution < 1.29 is 24.5 Å². The molecule has 4 aliphatic rings. The third-order valence-electron chi connectivity index (χ3n) is 7.93. The highest BCUT2D eigenvalue weighted by Crippen LogP contribution is 2.46. The number of nitrogens with zero attached hydrogens (tertiary/aromatic N) is 7. The summed E-state index contributed by atoms with van der Waals surface area (Å²) < 4.78 is 16.5. The first kappa shape index (κ1) is 23.5. The van der Waals surface area contributed by atoms with Gasteiger partial charge in [-0.05, 0) is 25.5 Å². The topological polar surface area (TPSA) is 163 Å². The van der Waals surface area contributed by atoms with Gasteiger partial charge in [-0.25, -0.2) is 28.2 Å². The summed E-state index contributed by atoms with van der Waals surface area (Å²) in [5, 5.41) is 33.8. The van der Waals surface area contributed by atoms with Gasteiger partial charge in [0.25, 0.3) is 0 Å². The van der Waals surface area contributed by atoms with E-state index in [2.05, 4.69) is 15.5 Å². The lowest BCUT2D eigenvalue weighted by atomic mass is 9.78. The summed E-state index contributed by atoms with van der Waals surface area (Å²) in [7, 11) is 0. The van der Waals surface area contributed by atoms with Crippen LogP contribution in [0.5, 0.6) is 0 Å². The molecular formula is C24H27N7O7. The molecule has 200 valence electrons. The molecule has 1 saturated carbocycles. The quantitative estimate of drug-likeness (QED) is 0.319. The Kier molecular flexibility index (Phi) is 5.40. The maximum absolute atomic E-state index is 13.5. The minimum atomic E-state index is -0.975. The summed E-state index contributed by atoms with van der Waals surface area (Å²) in [6.07, 6.45) is -0.948. The molecule has 0 amide bonds. The van der Waals surface area contributed by atoms with Gasteiger partial charge in [-0.1, -0.05) is 28.6 Å². The summed E-state index contributed by atoms with van der Waals surface area (Å²) >= 11 is 0. The Hall–Kier alpha value is -3.59. The van der Waals surface area contributed by atoms with Crippen LogP contribution in [0.2, 0.25) is 0 Å². The molecule has 1 aliphatic carbocycles. The number of rotatable bonds is 5. The fourth-order valence-electron chi connectivity index (χ4n) is 5.86. The van der Waals surface area contributed by atoms with Crippen LogP contribution in [0.1, 0.15) is 37.2 Å². The lowest BCUT2D eigenvalue weighted by Gasteiger charge is -2.38. The second-order valence-corrected chi connectivity index (χ2v) is 10.2. The predicted octanol–water partition coefficient (Wildman–Crippen LogP) is -0.839. The van der Waals surface area contributed by atoms with Crippen molar-refractivity contribution in [3.05, 3.63) is 63.2 Å². The zero-order valence-corrected chi connectivity index (χ0v) is 20.5. The molecule has 3 aliphatic heterocycles. The van der Waals surface area contributed by atoms with E-state index in [1.165, 1.54) is 9.36 Å². The van der Waals surface area contributed by atoms with Crippen molar-refractivity contribution in [2.75, 3.05) is 13.2 Å². The van der Waals surface area contributed by atoms with Crippen LogP contribution in [0.15, 0.2) is 51.3 Å². The first-order valence-electron chi connectivity index (χ1n) is 12.7. The normalized spacial score (nSPS) is 33.4. The minimum Gasteiger partial charge on any atom is -0.388 e. The van der Waals surface area contributed by atoms with Crippen LogP contribution in [-0.2, 0) is 20.9 Å². The molecule has 0 spiro atoms. The lowest BCUT2D eigenvalue weighted by Crippen LogP contribution is -2.53. The molecule has 1 aromatic carbocycles. The van der Waals surface area contributed by atoms with Gasteiger partial charge in [0.2, 0.25) is 0 Å². The molecule has 0 radical (unpaired) electrons. The number of aliphatic hydroxyl groups excluding tert-OH is 2. The molecule has 0 unspecified atom stereocenters. The molecule has 14 heteroatoms. The second-order valence-electron chi connectivity index (χ2n) is 10.2. The largest absolute Gasteiger partial charge is 0.388 e. The van der Waals surface area contributed by atoms with E-state index in [-0.39, 0.29) is 25.1 Å². The highest BCUT2D eigenvalue weighted by molar-refractivity contribution is 5.94. The maximum Gasteiger partial charge on any atom is 0.352 e. The van der Waals surface area contributed by atoms with Gasteiger partial charge in [0.05, 0.1) is 36.9 Å². The third kappa shape index (κ3) is 3.51. The van der Waals surface area contributed by atoms with Gasteiger partial charge in [-0.15, -0.1) is 5.10 Å². The first-order valence-corrected chi connectivity index (χ1v) is 12.7. The number of fused-ring (bicyclic) bond motifs is 4. The highest BCUT2D eigenvalue weighted by atomic mass is 16.6. The van der Waals surface area contributed by atoms with E-state index in [0.717, 1.165) is 4.57 Å². The van der Waals surface area contributed by atoms with E-state index in [0.29, 0.717) is 30.1 Å². The lowest BCUT2D eigenvalue weighted by molar-refractivity contribution is 0.0291. The number of epoxide rings is 1. The van der Waals surface area contributed by atoms with Crippen LogP contribution in [0, 0.1) is 5.92 Å². The first-order chi connectivity index (χ1) is 18.4. The minimum absolute atomic E-state index is 0.252. The van der Waals surface area contributed by atoms with Crippen LogP contribution >= 0.6 is 0 Å². The van der Waals surface area contributed by atoms with E-state index in [1.54, 1.807) is 42.1 Å². The number of oxime groups is 1. The van der Waals surface area contributed by atoms with Gasteiger partial charge in [-0.2, -0.15) is 0 Å². The molecular weight excluding hydrogens is 498 g/mol. The Balaban J connectivity index is 1.18. The third-order valence-corrected chi connectivity index (χ3v) is 7.93. The van der Waals surface area contributed by atoms with Crippen LogP contribution in [0.3, 0.4) is 0 Å². The summed E-state index contributed by atoms with van der Waals surface area (Å²) in [6.45, 7) is 2.67. The molecule has 2 saturated heterocycles. The molecule has 7 rings (SSSR count). The molecule has 14 nitrogen and oxygen atoms in total. The standard InChI is InChI=1S/C24H27N7O7/c1-12(15-9-28(27-25-15)16-10-36-11-17(16)32)38-26-18-14-7-8-29-23(34)30(13-5-3-2-4-6-13)24(35)31(29)19(14)20(33)22-21(18)37-22/h2-6,9,12,14,16-17,19-22,32-33H,7-8,10-11H2,1H3/t12-,14-,16-,17+,19+,20+,21-,22+/m1/s1. The van der Waals surface area contributed by atoms with Crippen molar-refractivity contribution in [3.63, 3.8) is 0 Å². The molecule has 5 heterocycles. The van der Waals surface area contributed by atoms with Crippen LogP contribution < -0.4 is 11.4 Å². The van der Waals surface area contributed by atoms with E-state index in [9.17, 15) is 19.8 Å². The Morgan fingerprint density at radius 1 is 1.16 bits per heavy atom. The number of benzene rings is 1. The SMILES string of the molecule is C[C@@H](ON=C1[C@H]2CCn3c(=O)n(-c4ccccc4)c(=O)n3[C@@H]2[C@H](O)[C@@H]2O[C@H]12)c1cn([C@@H]2COC[C@@H]2O)nn1. The molecule has 3 aromatic rings. The highest BCUT2D eigenvalue weighted by Gasteiger charge is 2.61. The van der Waals surface area contributed by atoms with Gasteiger partial charge in [-0.3, -0.25) is 0 Å². The summed E-state index contributed by atoms with van der Waals surface area (Å²) in [4.78, 5) is 32.5. The van der Waals surface area contributed by atoms with E-state index < -0.39 is 47.9 Å². The summed E-state index contributed by atoms with van der Waals surface area (Å²) in [5.74, 6) is -0.355. The van der Waals surface area contributed by atoms with Crippen molar-refractivity contribution in [2.24, 2.45) is 11.1 Å². The predicted molar refractivity (Wildman–Crippen MR) is 129 cm³/mol. The fraction of sp³-hybridized carbons (Fsp3) is 0.542. The molecule has 3 fully saturated rings. The number of para-hydroxylation sites is 1. The summed E-state index contributed by atoms with van der Waals surface area (Å²) in [6, 6.07) is 7.69. The van der Waals surface area contributed by atoms with Crippen LogP contribution in [-0.4, -0.2) is 82.5 Å². The van der Waals surface area contributed by atoms with Crippen LogP contribution in [0.25, 0.3) is 5.69 Å². The number of hydrogen-bond donors (Lipinski definition) is 2. The van der Waals surface area contributed by atoms with E-state index in [1.807, 2.05) is 6.07 Å². The van der Waals surface area contributed by atoms with E-state index >= 15 is 0 Å². The van der Waals surface area contributed by atoms with E-state index in [4.69, 9.17) is 14.3 Å². The second kappa shape index (κ2) is 8.73. The van der Waals surface area contributed by atoms with Crippen molar-refractivity contribution in [1.82, 2.24) is 28.9 Å². The number of ether oxygens (including phenoxy) is 2. The van der Waals surface area contributed by atoms with Crippen molar-refractivity contribution >= 4 is 5.71 Å². The number of aliphatic hydroxyl groups is 2. The average Bonchev–Trinajstić information content (AvgIpc) is 3.24. The fourth-order valence-corrected chi connectivity index (χ4v) is 5.86. The Labute approximate surface area is 215 Å². The van der Waals surface area contributed by atoms with Gasteiger partial charge in [0, 0.05) is 12.5 Å². The van der Waals surface area contributed by atoms with Gasteiger partial charge < -0.3 is 24.5 Å². The van der Waals surface area contributed by atoms with Gasteiger partial charge >= 0.3 is 11.4 Å². The average molecular weight is 526 g/mol. The Bertz CT molecular complexity index is 1510. The van der Waals surface area contributed by atoms with Crippen molar-refractivity contribution in [1.29, 1.82) is 0 Å². The molecule has 2 aromatic heterocycles. The monoisotopic (exact) mass is 525 g/mol.